The van der Waals surface area contributed by atoms with E-state index in [1.807, 2.05) is 6.92 Å². The van der Waals surface area contributed by atoms with Crippen molar-refractivity contribution in [3.63, 3.8) is 0 Å². The number of piperidine rings is 1. The Bertz CT molecular complexity index is 881. The molecule has 1 atom stereocenters. The van der Waals surface area contributed by atoms with Crippen LogP contribution >= 0.6 is 0 Å². The second kappa shape index (κ2) is 8.72. The molecule has 0 aromatic heterocycles. The van der Waals surface area contributed by atoms with Gasteiger partial charge in [-0.2, -0.15) is 8.42 Å². The third-order valence-electron chi connectivity index (χ3n) is 4.86. The first-order valence-electron chi connectivity index (χ1n) is 9.58. The lowest BCUT2D eigenvalue weighted by molar-refractivity contribution is -0.153. The van der Waals surface area contributed by atoms with Gasteiger partial charge < -0.3 is 15.0 Å². The highest BCUT2D eigenvalue weighted by Crippen LogP contribution is 2.30. The molecule has 1 N–H and O–H groups in total. The van der Waals surface area contributed by atoms with Gasteiger partial charge in [0.25, 0.3) is 15.9 Å². The number of ether oxygens (including phenoxy) is 1. The summed E-state index contributed by atoms with van der Waals surface area (Å²) in [6.07, 6.45) is 3.99. The molecule has 152 valence electrons. The van der Waals surface area contributed by atoms with Gasteiger partial charge in [-0.3, -0.25) is 4.79 Å². The van der Waals surface area contributed by atoms with Gasteiger partial charge >= 0.3 is 5.97 Å². The van der Waals surface area contributed by atoms with E-state index in [9.17, 15) is 18.0 Å². The minimum absolute atomic E-state index is 0.151. The Morgan fingerprint density at radius 1 is 1.29 bits per heavy atom. The van der Waals surface area contributed by atoms with E-state index in [4.69, 9.17) is 4.74 Å². The molecule has 0 radical (unpaired) electrons. The first-order chi connectivity index (χ1) is 13.4. The first-order valence-corrected chi connectivity index (χ1v) is 11.0. The summed E-state index contributed by atoms with van der Waals surface area (Å²) in [7, 11) is -3.76. The molecule has 8 nitrogen and oxygen atoms in total. The van der Waals surface area contributed by atoms with Crippen LogP contribution in [0.15, 0.2) is 33.6 Å². The number of benzene rings is 1. The maximum atomic E-state index is 12.6. The van der Waals surface area contributed by atoms with Crippen molar-refractivity contribution < 1.29 is 22.7 Å². The summed E-state index contributed by atoms with van der Waals surface area (Å²) in [4.78, 5) is 26.3. The average Bonchev–Trinajstić information content (AvgIpc) is 2.97. The number of hydrogen-bond donors (Lipinski definition) is 1. The minimum atomic E-state index is -3.76. The Labute approximate surface area is 165 Å². The normalized spacial score (nSPS) is 20.2. The van der Waals surface area contributed by atoms with Crippen LogP contribution in [0.5, 0.6) is 0 Å². The van der Waals surface area contributed by atoms with Crippen LogP contribution in [0.1, 0.15) is 44.6 Å². The number of amides is 1. The highest BCUT2D eigenvalue weighted by atomic mass is 32.2. The molecular weight excluding hydrogens is 382 g/mol. The minimum Gasteiger partial charge on any atom is -0.454 e. The van der Waals surface area contributed by atoms with Gasteiger partial charge in [0.1, 0.15) is 10.9 Å². The Hall–Kier alpha value is -2.42. The van der Waals surface area contributed by atoms with Crippen molar-refractivity contribution in [3.8, 4) is 0 Å². The Morgan fingerprint density at radius 2 is 2.07 bits per heavy atom. The van der Waals surface area contributed by atoms with Crippen molar-refractivity contribution >= 4 is 27.7 Å². The summed E-state index contributed by atoms with van der Waals surface area (Å²) < 4.78 is 33.8. The van der Waals surface area contributed by atoms with E-state index in [2.05, 4.69) is 9.71 Å². The summed E-state index contributed by atoms with van der Waals surface area (Å²) in [5.41, 5.74) is 0.500. The Kier molecular flexibility index (Phi) is 6.33. The van der Waals surface area contributed by atoms with Crippen LogP contribution in [-0.4, -0.2) is 56.8 Å². The Morgan fingerprint density at radius 3 is 2.86 bits per heavy atom. The molecule has 1 fully saturated rings. The second-order valence-electron chi connectivity index (χ2n) is 6.90. The molecule has 0 bridgehead atoms. The lowest BCUT2D eigenvalue weighted by Gasteiger charge is -2.35. The molecule has 2 aliphatic heterocycles. The predicted octanol–water partition coefficient (Wildman–Crippen LogP) is 1.45. The van der Waals surface area contributed by atoms with Crippen LogP contribution in [0.25, 0.3) is 0 Å². The van der Waals surface area contributed by atoms with Crippen LogP contribution in [0.4, 0.5) is 0 Å². The van der Waals surface area contributed by atoms with Crippen molar-refractivity contribution in [1.82, 2.24) is 10.2 Å². The summed E-state index contributed by atoms with van der Waals surface area (Å²) >= 11 is 0. The number of amidine groups is 1. The number of sulfonamides is 1. The van der Waals surface area contributed by atoms with E-state index in [0.717, 1.165) is 25.7 Å². The number of carbonyl (C=O) groups is 2. The SMILES string of the molecule is CCCCNC(=O)COC(=O)[C@H]1CCCCN1C1=NS(=O)(=O)c2ccccc21. The highest BCUT2D eigenvalue weighted by Gasteiger charge is 2.38. The number of hydrogen-bond acceptors (Lipinski definition) is 6. The monoisotopic (exact) mass is 407 g/mol. The second-order valence-corrected chi connectivity index (χ2v) is 8.47. The standard InChI is InChI=1S/C19H25N3O5S/c1-2-3-11-20-17(23)13-27-19(24)15-9-6-7-12-22(15)18-14-8-4-5-10-16(14)28(25,26)21-18/h4-5,8,10,15H,2-3,6-7,9,11-13H2,1H3,(H,20,23)/t15-/m1/s1. The molecule has 3 rings (SSSR count). The van der Waals surface area contributed by atoms with Crippen molar-refractivity contribution in [2.75, 3.05) is 19.7 Å². The molecule has 2 aliphatic rings. The summed E-state index contributed by atoms with van der Waals surface area (Å²) in [5.74, 6) is -0.588. The van der Waals surface area contributed by atoms with Gasteiger partial charge in [0.2, 0.25) is 0 Å². The Balaban J connectivity index is 1.71. The number of fused-ring (bicyclic) bond motifs is 1. The van der Waals surface area contributed by atoms with Crippen LogP contribution < -0.4 is 5.32 Å². The third-order valence-corrected chi connectivity index (χ3v) is 6.18. The van der Waals surface area contributed by atoms with Gasteiger partial charge in [-0.1, -0.05) is 25.5 Å². The van der Waals surface area contributed by atoms with Gasteiger partial charge in [-0.25, -0.2) is 4.79 Å². The van der Waals surface area contributed by atoms with Gasteiger partial charge in [0.15, 0.2) is 12.4 Å². The molecule has 2 heterocycles. The van der Waals surface area contributed by atoms with Crippen molar-refractivity contribution in [1.29, 1.82) is 0 Å². The molecule has 0 spiro atoms. The van der Waals surface area contributed by atoms with Crippen molar-refractivity contribution in [2.24, 2.45) is 4.40 Å². The number of esters is 1. The first kappa shape index (κ1) is 20.3. The number of unbranched alkanes of at least 4 members (excludes halogenated alkanes) is 1. The van der Waals surface area contributed by atoms with Crippen LogP contribution in [-0.2, 0) is 24.3 Å². The van der Waals surface area contributed by atoms with E-state index in [1.54, 1.807) is 23.1 Å². The molecule has 1 aromatic rings. The maximum absolute atomic E-state index is 12.6. The van der Waals surface area contributed by atoms with Crippen LogP contribution in [0.2, 0.25) is 0 Å². The summed E-state index contributed by atoms with van der Waals surface area (Å²) in [6.45, 7) is 2.74. The maximum Gasteiger partial charge on any atom is 0.329 e. The van der Waals surface area contributed by atoms with Crippen LogP contribution in [0, 0.1) is 0 Å². The van der Waals surface area contributed by atoms with Crippen LogP contribution in [0.3, 0.4) is 0 Å². The quantitative estimate of drug-likeness (QED) is 0.565. The van der Waals surface area contributed by atoms with Gasteiger partial charge in [0, 0.05) is 18.7 Å². The summed E-state index contributed by atoms with van der Waals surface area (Å²) in [6, 6.07) is 5.94. The molecule has 1 saturated heterocycles. The number of rotatable bonds is 6. The zero-order chi connectivity index (χ0) is 20.1. The van der Waals surface area contributed by atoms with Crippen molar-refractivity contribution in [2.45, 2.75) is 50.0 Å². The van der Waals surface area contributed by atoms with Gasteiger partial charge in [0.05, 0.1) is 0 Å². The fourth-order valence-electron chi connectivity index (χ4n) is 3.41. The lowest BCUT2D eigenvalue weighted by Crippen LogP contribution is -2.49. The average molecular weight is 407 g/mol. The largest absolute Gasteiger partial charge is 0.454 e. The molecule has 1 aromatic carbocycles. The zero-order valence-corrected chi connectivity index (χ0v) is 16.7. The highest BCUT2D eigenvalue weighted by molar-refractivity contribution is 7.90. The fourth-order valence-corrected chi connectivity index (χ4v) is 4.63. The predicted molar refractivity (Wildman–Crippen MR) is 103 cm³/mol. The van der Waals surface area contributed by atoms with E-state index >= 15 is 0 Å². The molecule has 0 saturated carbocycles. The molecule has 0 unspecified atom stereocenters. The van der Waals surface area contributed by atoms with E-state index in [-0.39, 0.29) is 23.2 Å². The molecule has 28 heavy (non-hydrogen) atoms. The van der Waals surface area contributed by atoms with Crippen molar-refractivity contribution in [3.05, 3.63) is 29.8 Å². The molecule has 0 aliphatic carbocycles. The smallest absolute Gasteiger partial charge is 0.329 e. The summed E-state index contributed by atoms with van der Waals surface area (Å²) in [5, 5.41) is 2.70. The number of nitrogens with zero attached hydrogens (tertiary/aromatic N) is 2. The number of nitrogens with one attached hydrogen (secondary N) is 1. The topological polar surface area (TPSA) is 105 Å². The van der Waals surface area contributed by atoms with Gasteiger partial charge in [-0.15, -0.1) is 4.40 Å². The van der Waals surface area contributed by atoms with E-state index in [0.29, 0.717) is 25.1 Å². The molecular formula is C19H25N3O5S. The number of carbonyl (C=O) groups excluding carboxylic acids is 2. The van der Waals surface area contributed by atoms with Gasteiger partial charge in [-0.05, 0) is 37.8 Å². The third kappa shape index (κ3) is 4.35. The molecule has 9 heteroatoms. The van der Waals surface area contributed by atoms with E-state index < -0.39 is 22.0 Å². The lowest BCUT2D eigenvalue weighted by atomic mass is 10.0. The van der Waals surface area contributed by atoms with E-state index in [1.165, 1.54) is 6.07 Å². The fraction of sp³-hybridized carbons (Fsp3) is 0.526. The number of likely N-dealkylation sites (tertiary alicyclic amines) is 1. The molecule has 1 amide bonds. The zero-order valence-electron chi connectivity index (χ0n) is 15.9.